The Morgan fingerprint density at radius 3 is 3.12 bits per heavy atom. The van der Waals surface area contributed by atoms with Crippen molar-refractivity contribution in [3.8, 4) is 0 Å². The Bertz CT molecular complexity index is 334. The molecule has 1 aromatic heterocycles. The third-order valence-electron chi connectivity index (χ3n) is 2.04. The van der Waals surface area contributed by atoms with Crippen molar-refractivity contribution in [1.29, 1.82) is 0 Å². The van der Waals surface area contributed by atoms with Crippen LogP contribution in [0.2, 0.25) is 0 Å². The molecule has 0 spiro atoms. The van der Waals surface area contributed by atoms with Crippen LogP contribution in [0.4, 0.5) is 0 Å². The van der Waals surface area contributed by atoms with Crippen LogP contribution in [0, 0.1) is 0 Å². The summed E-state index contributed by atoms with van der Waals surface area (Å²) >= 11 is 3.57. The lowest BCUT2D eigenvalue weighted by molar-refractivity contribution is 0.835. The summed E-state index contributed by atoms with van der Waals surface area (Å²) in [5.41, 5.74) is 1.29. The topological polar surface area (TPSA) is 36.4 Å². The molecule has 0 saturated carbocycles. The summed E-state index contributed by atoms with van der Waals surface area (Å²) in [7, 11) is 1.79. The molecule has 0 unspecified atom stereocenters. The highest BCUT2D eigenvalue weighted by molar-refractivity contribution is 7.99. The number of nitrogens with one attached hydrogen (secondary N) is 2. The summed E-state index contributed by atoms with van der Waals surface area (Å²) in [6.45, 7) is 5.43. The minimum Gasteiger partial charge on any atom is -0.356 e. The van der Waals surface area contributed by atoms with E-state index in [0.29, 0.717) is 0 Å². The molecule has 0 fully saturated rings. The molecule has 2 N–H and O–H groups in total. The molecule has 0 amide bonds. The van der Waals surface area contributed by atoms with E-state index >= 15 is 0 Å². The van der Waals surface area contributed by atoms with Crippen molar-refractivity contribution in [2.75, 3.05) is 25.1 Å². The maximum atomic E-state index is 4.17. The van der Waals surface area contributed by atoms with Gasteiger partial charge in [0.2, 0.25) is 0 Å². The molecule has 0 aliphatic carbocycles. The summed E-state index contributed by atoms with van der Waals surface area (Å²) in [4.78, 5) is 4.17. The Kier molecular flexibility index (Phi) is 7.58. The quantitative estimate of drug-likeness (QED) is 0.345. The molecule has 0 radical (unpaired) electrons. The van der Waals surface area contributed by atoms with Crippen molar-refractivity contribution in [2.24, 2.45) is 4.99 Å². The lowest BCUT2D eigenvalue weighted by Crippen LogP contribution is -2.37. The van der Waals surface area contributed by atoms with Gasteiger partial charge in [0.05, 0.1) is 0 Å². The highest BCUT2D eigenvalue weighted by Crippen LogP contribution is 2.04. The Hall–Kier alpha value is -0.940. The van der Waals surface area contributed by atoms with Gasteiger partial charge in [0.25, 0.3) is 0 Å². The molecule has 94 valence electrons. The third kappa shape index (κ3) is 6.38. The van der Waals surface area contributed by atoms with Crippen LogP contribution in [0.15, 0.2) is 34.5 Å². The first-order chi connectivity index (χ1) is 8.36. The summed E-state index contributed by atoms with van der Waals surface area (Å²) in [5, 5.41) is 10.8. The summed E-state index contributed by atoms with van der Waals surface area (Å²) < 4.78 is 0. The molecule has 5 heteroatoms. The van der Waals surface area contributed by atoms with Gasteiger partial charge in [-0.2, -0.15) is 23.1 Å². The molecule has 1 rings (SSSR count). The predicted octanol–water partition coefficient (Wildman–Crippen LogP) is 2.33. The number of nitrogens with zero attached hydrogens (tertiary/aromatic N) is 1. The number of rotatable bonds is 7. The van der Waals surface area contributed by atoms with Gasteiger partial charge in [0, 0.05) is 31.6 Å². The van der Waals surface area contributed by atoms with Gasteiger partial charge in [-0.05, 0) is 22.4 Å². The minimum absolute atomic E-state index is 0.822. The molecule has 0 aliphatic heterocycles. The van der Waals surface area contributed by atoms with E-state index in [4.69, 9.17) is 0 Å². The van der Waals surface area contributed by atoms with Gasteiger partial charge in [0.15, 0.2) is 5.96 Å². The number of thiophene rings is 1. The lowest BCUT2D eigenvalue weighted by atomic mass is 10.3. The average molecular weight is 269 g/mol. The third-order valence-corrected chi connectivity index (χ3v) is 3.73. The van der Waals surface area contributed by atoms with E-state index in [1.54, 1.807) is 18.4 Å². The summed E-state index contributed by atoms with van der Waals surface area (Å²) in [6.07, 6.45) is 1.92. The van der Waals surface area contributed by atoms with Gasteiger partial charge in [-0.25, -0.2) is 0 Å². The van der Waals surface area contributed by atoms with Crippen LogP contribution in [-0.4, -0.2) is 31.1 Å². The number of hydrogen-bond donors (Lipinski definition) is 2. The minimum atomic E-state index is 0.822. The van der Waals surface area contributed by atoms with Gasteiger partial charge in [-0.15, -0.1) is 6.58 Å². The second-order valence-corrected chi connectivity index (χ2v) is 5.28. The Morgan fingerprint density at radius 2 is 2.47 bits per heavy atom. The molecular weight excluding hydrogens is 250 g/mol. The van der Waals surface area contributed by atoms with E-state index in [2.05, 4.69) is 39.0 Å². The van der Waals surface area contributed by atoms with E-state index in [1.165, 1.54) is 5.56 Å². The van der Waals surface area contributed by atoms with E-state index in [9.17, 15) is 0 Å². The lowest BCUT2D eigenvalue weighted by Gasteiger charge is -2.10. The molecule has 3 nitrogen and oxygen atoms in total. The van der Waals surface area contributed by atoms with E-state index < -0.39 is 0 Å². The van der Waals surface area contributed by atoms with Gasteiger partial charge >= 0.3 is 0 Å². The van der Waals surface area contributed by atoms with Crippen LogP contribution < -0.4 is 10.6 Å². The van der Waals surface area contributed by atoms with Crippen molar-refractivity contribution in [3.05, 3.63) is 35.0 Å². The maximum absolute atomic E-state index is 4.17. The number of guanidine groups is 1. The highest BCUT2D eigenvalue weighted by Gasteiger charge is 1.97. The molecule has 0 aromatic carbocycles. The van der Waals surface area contributed by atoms with Crippen molar-refractivity contribution < 1.29 is 0 Å². The zero-order valence-corrected chi connectivity index (χ0v) is 11.7. The largest absolute Gasteiger partial charge is 0.356 e. The molecular formula is C12H19N3S2. The molecule has 1 aromatic rings. The van der Waals surface area contributed by atoms with Crippen LogP contribution in [0.3, 0.4) is 0 Å². The molecule has 0 saturated heterocycles. The molecule has 0 aliphatic rings. The summed E-state index contributed by atoms with van der Waals surface area (Å²) in [5.74, 6) is 2.92. The Morgan fingerprint density at radius 1 is 1.59 bits per heavy atom. The van der Waals surface area contributed by atoms with Crippen LogP contribution in [0.1, 0.15) is 5.56 Å². The Labute approximate surface area is 111 Å². The van der Waals surface area contributed by atoms with Crippen molar-refractivity contribution in [3.63, 3.8) is 0 Å². The zero-order chi connectivity index (χ0) is 12.3. The average Bonchev–Trinajstić information content (AvgIpc) is 2.86. The molecule has 0 atom stereocenters. The van der Waals surface area contributed by atoms with Gasteiger partial charge in [-0.3, -0.25) is 4.99 Å². The monoisotopic (exact) mass is 269 g/mol. The summed E-state index contributed by atoms with van der Waals surface area (Å²) in [6, 6.07) is 2.12. The predicted molar refractivity (Wildman–Crippen MR) is 80.0 cm³/mol. The second kappa shape index (κ2) is 9.13. The standard InChI is InChI=1S/C12H19N3S2/c1-3-6-16-8-5-14-12(13-2)15-9-11-4-7-17-10-11/h3-4,7,10H,1,5-6,8-9H2,2H3,(H2,13,14,15). The molecule has 1 heterocycles. The van der Waals surface area contributed by atoms with E-state index in [1.807, 2.05) is 17.8 Å². The fraction of sp³-hybridized carbons (Fsp3) is 0.417. The fourth-order valence-corrected chi connectivity index (χ4v) is 2.46. The SMILES string of the molecule is C=CCSCCNC(=NC)NCc1ccsc1. The number of thioether (sulfide) groups is 1. The van der Waals surface area contributed by atoms with Crippen molar-refractivity contribution >= 4 is 29.1 Å². The van der Waals surface area contributed by atoms with Crippen molar-refractivity contribution in [1.82, 2.24) is 10.6 Å². The Balaban J connectivity index is 2.14. The normalized spacial score (nSPS) is 11.2. The van der Waals surface area contributed by atoms with E-state index in [0.717, 1.165) is 30.6 Å². The van der Waals surface area contributed by atoms with Gasteiger partial charge in [-0.1, -0.05) is 6.08 Å². The molecule has 17 heavy (non-hydrogen) atoms. The smallest absolute Gasteiger partial charge is 0.191 e. The second-order valence-electron chi connectivity index (χ2n) is 3.35. The molecule has 0 bridgehead atoms. The first-order valence-corrected chi connectivity index (χ1v) is 7.60. The van der Waals surface area contributed by atoms with Gasteiger partial charge < -0.3 is 10.6 Å². The van der Waals surface area contributed by atoms with Gasteiger partial charge in [0.1, 0.15) is 0 Å². The highest BCUT2D eigenvalue weighted by atomic mass is 32.2. The maximum Gasteiger partial charge on any atom is 0.191 e. The number of aliphatic imine (C=N–C) groups is 1. The zero-order valence-electron chi connectivity index (χ0n) is 10.1. The van der Waals surface area contributed by atoms with Crippen LogP contribution >= 0.6 is 23.1 Å². The van der Waals surface area contributed by atoms with Crippen LogP contribution in [0.25, 0.3) is 0 Å². The first kappa shape index (κ1) is 14.1. The fourth-order valence-electron chi connectivity index (χ4n) is 1.21. The van der Waals surface area contributed by atoms with E-state index in [-0.39, 0.29) is 0 Å². The van der Waals surface area contributed by atoms with Crippen molar-refractivity contribution in [2.45, 2.75) is 6.54 Å². The first-order valence-electron chi connectivity index (χ1n) is 5.51. The number of hydrogen-bond acceptors (Lipinski definition) is 3. The van der Waals surface area contributed by atoms with Crippen LogP contribution in [-0.2, 0) is 6.54 Å². The van der Waals surface area contributed by atoms with Crippen LogP contribution in [0.5, 0.6) is 0 Å².